The van der Waals surface area contributed by atoms with E-state index in [4.69, 9.17) is 4.74 Å². The lowest BCUT2D eigenvalue weighted by molar-refractivity contribution is -0.184. The predicted molar refractivity (Wildman–Crippen MR) is 75.3 cm³/mol. The van der Waals surface area contributed by atoms with Crippen LogP contribution in [0, 0.1) is 17.3 Å². The molecule has 0 radical (unpaired) electrons. The average molecular weight is 279 g/mol. The van der Waals surface area contributed by atoms with Crippen LogP contribution < -0.4 is 0 Å². The molecule has 2 atom stereocenters. The molecule has 0 aromatic heterocycles. The van der Waals surface area contributed by atoms with Crippen LogP contribution in [-0.2, 0) is 9.53 Å². The minimum atomic E-state index is -0.474. The zero-order valence-electron chi connectivity index (χ0n) is 12.9. The Morgan fingerprint density at radius 1 is 1.35 bits per heavy atom. The van der Waals surface area contributed by atoms with E-state index in [1.165, 1.54) is 0 Å². The molecule has 3 aliphatic rings. The lowest BCUT2D eigenvalue weighted by atomic mass is 9.43. The van der Waals surface area contributed by atoms with Gasteiger partial charge in [0.05, 0.1) is 11.5 Å². The van der Waals surface area contributed by atoms with Crippen molar-refractivity contribution in [3.05, 3.63) is 0 Å². The molecule has 112 valence electrons. The third-order valence-electron chi connectivity index (χ3n) is 5.08. The van der Waals surface area contributed by atoms with Gasteiger partial charge in [-0.05, 0) is 52.4 Å². The van der Waals surface area contributed by atoms with Gasteiger partial charge in [-0.15, -0.1) is 0 Å². The lowest BCUT2D eigenvalue weighted by Crippen LogP contribution is -2.74. The second-order valence-electron chi connectivity index (χ2n) is 7.90. The fourth-order valence-electron chi connectivity index (χ4n) is 4.52. The smallest absolute Gasteiger partial charge is 0.410 e. The van der Waals surface area contributed by atoms with Crippen molar-refractivity contribution in [3.8, 4) is 0 Å². The zero-order valence-corrected chi connectivity index (χ0v) is 12.9. The molecule has 0 aromatic carbocycles. The SMILES string of the molecule is CC1CC2(C1)C(=O)[C@@H]1CCCN(C(=O)OC(C)(C)C)[C@@H]12. The quantitative estimate of drug-likeness (QED) is 0.685. The van der Waals surface area contributed by atoms with E-state index in [1.807, 2.05) is 25.7 Å². The summed E-state index contributed by atoms with van der Waals surface area (Å²) in [5.41, 5.74) is -0.695. The van der Waals surface area contributed by atoms with Crippen molar-refractivity contribution in [2.75, 3.05) is 6.54 Å². The van der Waals surface area contributed by atoms with Crippen LogP contribution in [0.4, 0.5) is 4.79 Å². The van der Waals surface area contributed by atoms with Crippen LogP contribution in [0.5, 0.6) is 0 Å². The molecule has 1 saturated heterocycles. The predicted octanol–water partition coefficient (Wildman–Crippen LogP) is 3.00. The average Bonchev–Trinajstić information content (AvgIpc) is 2.31. The van der Waals surface area contributed by atoms with Crippen molar-refractivity contribution in [1.29, 1.82) is 0 Å². The van der Waals surface area contributed by atoms with Crippen molar-refractivity contribution >= 4 is 11.9 Å². The number of amides is 1. The monoisotopic (exact) mass is 279 g/mol. The number of piperidine rings is 1. The molecular weight excluding hydrogens is 254 g/mol. The van der Waals surface area contributed by atoms with Gasteiger partial charge in [-0.1, -0.05) is 6.92 Å². The van der Waals surface area contributed by atoms with E-state index in [9.17, 15) is 9.59 Å². The number of ether oxygens (including phenoxy) is 1. The van der Waals surface area contributed by atoms with Crippen molar-refractivity contribution in [1.82, 2.24) is 4.90 Å². The van der Waals surface area contributed by atoms with Gasteiger partial charge in [0.1, 0.15) is 11.4 Å². The van der Waals surface area contributed by atoms with Crippen LogP contribution in [0.25, 0.3) is 0 Å². The summed E-state index contributed by atoms with van der Waals surface area (Å²) in [6, 6.07) is 0.106. The van der Waals surface area contributed by atoms with Crippen molar-refractivity contribution in [2.45, 2.75) is 65.0 Å². The Bertz CT molecular complexity index is 445. The topological polar surface area (TPSA) is 46.6 Å². The van der Waals surface area contributed by atoms with E-state index in [2.05, 4.69) is 6.92 Å². The second-order valence-corrected chi connectivity index (χ2v) is 7.90. The Kier molecular flexibility index (Phi) is 2.93. The second kappa shape index (κ2) is 4.22. The molecule has 1 amide bonds. The molecule has 1 spiro atoms. The minimum absolute atomic E-state index is 0.0729. The van der Waals surface area contributed by atoms with E-state index in [0.717, 1.165) is 32.2 Å². The van der Waals surface area contributed by atoms with Gasteiger partial charge in [-0.25, -0.2) is 4.79 Å². The number of likely N-dealkylation sites (tertiary alicyclic amines) is 1. The molecule has 0 unspecified atom stereocenters. The third kappa shape index (κ3) is 1.87. The van der Waals surface area contributed by atoms with Crippen molar-refractivity contribution < 1.29 is 14.3 Å². The minimum Gasteiger partial charge on any atom is -0.444 e. The molecule has 1 aliphatic heterocycles. The highest BCUT2D eigenvalue weighted by atomic mass is 16.6. The first-order chi connectivity index (χ1) is 9.24. The summed E-state index contributed by atoms with van der Waals surface area (Å²) in [5, 5.41) is 0. The maximum Gasteiger partial charge on any atom is 0.410 e. The van der Waals surface area contributed by atoms with Crippen molar-refractivity contribution in [3.63, 3.8) is 0 Å². The summed E-state index contributed by atoms with van der Waals surface area (Å²) in [7, 11) is 0. The molecule has 2 saturated carbocycles. The molecule has 4 nitrogen and oxygen atoms in total. The zero-order chi connectivity index (χ0) is 14.7. The maximum atomic E-state index is 12.4. The first kappa shape index (κ1) is 13.9. The van der Waals surface area contributed by atoms with Crippen LogP contribution in [0.3, 0.4) is 0 Å². The molecule has 20 heavy (non-hydrogen) atoms. The number of rotatable bonds is 0. The van der Waals surface area contributed by atoms with Crippen LogP contribution in [0.15, 0.2) is 0 Å². The highest BCUT2D eigenvalue weighted by molar-refractivity contribution is 5.97. The molecule has 4 heteroatoms. The first-order valence-corrected chi connectivity index (χ1v) is 7.78. The van der Waals surface area contributed by atoms with Gasteiger partial charge in [0, 0.05) is 12.5 Å². The summed E-state index contributed by atoms with van der Waals surface area (Å²) >= 11 is 0. The fraction of sp³-hybridized carbons (Fsp3) is 0.875. The number of hydrogen-bond acceptors (Lipinski definition) is 3. The van der Waals surface area contributed by atoms with Gasteiger partial charge in [0.15, 0.2) is 0 Å². The summed E-state index contributed by atoms with van der Waals surface area (Å²) in [6.07, 6.45) is 3.52. The summed E-state index contributed by atoms with van der Waals surface area (Å²) in [6.45, 7) is 8.59. The molecule has 0 bridgehead atoms. The van der Waals surface area contributed by atoms with Crippen LogP contribution >= 0.6 is 0 Å². The fourth-order valence-corrected chi connectivity index (χ4v) is 4.52. The van der Waals surface area contributed by atoms with Gasteiger partial charge in [0.25, 0.3) is 0 Å². The largest absolute Gasteiger partial charge is 0.444 e. The molecule has 0 N–H and O–H groups in total. The van der Waals surface area contributed by atoms with E-state index < -0.39 is 5.60 Å². The summed E-state index contributed by atoms with van der Waals surface area (Å²) in [4.78, 5) is 26.7. The lowest BCUT2D eigenvalue weighted by Gasteiger charge is -2.65. The van der Waals surface area contributed by atoms with Gasteiger partial charge in [-0.2, -0.15) is 0 Å². The van der Waals surface area contributed by atoms with Crippen LogP contribution in [-0.4, -0.2) is 35.0 Å². The Morgan fingerprint density at radius 2 is 2.00 bits per heavy atom. The van der Waals surface area contributed by atoms with Gasteiger partial charge < -0.3 is 9.64 Å². The number of carbonyl (C=O) groups excluding carboxylic acids is 2. The molecule has 1 heterocycles. The number of nitrogens with zero attached hydrogens (tertiary/aromatic N) is 1. The maximum absolute atomic E-state index is 12.4. The normalized spacial score (nSPS) is 39.9. The molecule has 2 aliphatic carbocycles. The van der Waals surface area contributed by atoms with Crippen molar-refractivity contribution in [2.24, 2.45) is 17.3 Å². The Labute approximate surface area is 120 Å². The molecule has 3 fully saturated rings. The Balaban J connectivity index is 1.78. The number of Topliss-reactive ketones (excluding diaryl/α,β-unsaturated/α-hetero) is 1. The summed E-state index contributed by atoms with van der Waals surface area (Å²) in [5.74, 6) is 1.10. The number of carbonyl (C=O) groups is 2. The number of ketones is 1. The van der Waals surface area contributed by atoms with E-state index in [-0.39, 0.29) is 23.5 Å². The summed E-state index contributed by atoms with van der Waals surface area (Å²) < 4.78 is 5.53. The Morgan fingerprint density at radius 3 is 2.55 bits per heavy atom. The standard InChI is InChI=1S/C16H25NO3/c1-10-8-16(9-10)12-11(13(16)18)6-5-7-17(12)14(19)20-15(2,3)4/h10-12H,5-9H2,1-4H3/t10?,11-,12+,16?/m1/s1. The van der Waals surface area contributed by atoms with Gasteiger partial charge >= 0.3 is 6.09 Å². The molecule has 0 aromatic rings. The first-order valence-electron chi connectivity index (χ1n) is 7.78. The highest BCUT2D eigenvalue weighted by Gasteiger charge is 2.69. The van der Waals surface area contributed by atoms with E-state index >= 15 is 0 Å². The number of hydrogen-bond donors (Lipinski definition) is 0. The molecule has 3 rings (SSSR count). The van der Waals surface area contributed by atoms with E-state index in [1.54, 1.807) is 0 Å². The van der Waals surface area contributed by atoms with E-state index in [0.29, 0.717) is 11.7 Å². The highest BCUT2D eigenvalue weighted by Crippen LogP contribution is 2.62. The van der Waals surface area contributed by atoms with Crippen LogP contribution in [0.2, 0.25) is 0 Å². The number of fused-ring (bicyclic) bond motifs is 2. The Hall–Kier alpha value is -1.06. The molecular formula is C16H25NO3. The van der Waals surface area contributed by atoms with Gasteiger partial charge in [-0.3, -0.25) is 4.79 Å². The third-order valence-corrected chi connectivity index (χ3v) is 5.08. The van der Waals surface area contributed by atoms with Crippen LogP contribution in [0.1, 0.15) is 53.4 Å². The van der Waals surface area contributed by atoms with Gasteiger partial charge in [0.2, 0.25) is 0 Å².